The van der Waals surface area contributed by atoms with Crippen molar-refractivity contribution < 1.29 is 4.79 Å². The second-order valence-corrected chi connectivity index (χ2v) is 5.59. The minimum absolute atomic E-state index is 0.121. The van der Waals surface area contributed by atoms with E-state index in [4.69, 9.17) is 0 Å². The molecule has 4 nitrogen and oxygen atoms in total. The summed E-state index contributed by atoms with van der Waals surface area (Å²) >= 11 is 1.63. The lowest BCUT2D eigenvalue weighted by Crippen LogP contribution is -2.40. The van der Waals surface area contributed by atoms with E-state index in [0.717, 1.165) is 24.3 Å². The second kappa shape index (κ2) is 4.94. The Morgan fingerprint density at radius 3 is 3.33 bits per heavy atom. The maximum absolute atomic E-state index is 11.9. The largest absolute Gasteiger partial charge is 0.353 e. The third kappa shape index (κ3) is 2.46. The van der Waals surface area contributed by atoms with Crippen molar-refractivity contribution in [1.29, 1.82) is 0 Å². The summed E-state index contributed by atoms with van der Waals surface area (Å²) in [7, 11) is 0. The average molecular weight is 261 g/mol. The first kappa shape index (κ1) is 11.5. The van der Waals surface area contributed by atoms with Gasteiger partial charge in [0, 0.05) is 35.8 Å². The van der Waals surface area contributed by atoms with Crippen LogP contribution in [0.3, 0.4) is 0 Å². The molecule has 1 aliphatic rings. The maximum Gasteiger partial charge on any atom is 0.225 e. The van der Waals surface area contributed by atoms with Gasteiger partial charge in [0.05, 0.1) is 6.42 Å². The van der Waals surface area contributed by atoms with E-state index in [1.165, 1.54) is 5.69 Å². The molecule has 0 spiro atoms. The molecule has 94 valence electrons. The Balaban J connectivity index is 1.56. The van der Waals surface area contributed by atoms with Gasteiger partial charge in [-0.2, -0.15) is 5.10 Å². The van der Waals surface area contributed by atoms with E-state index in [2.05, 4.69) is 10.4 Å². The van der Waals surface area contributed by atoms with Gasteiger partial charge in [-0.1, -0.05) is 6.07 Å². The van der Waals surface area contributed by atoms with Crippen molar-refractivity contribution in [2.45, 2.75) is 31.8 Å². The summed E-state index contributed by atoms with van der Waals surface area (Å²) in [6.07, 6.45) is 4.17. The standard InChI is InChI=1S/C13H15N3OS/c17-13(9-12-2-1-7-18-12)15-10-4-6-16-11(8-10)3-5-14-16/h1-3,5,7,10H,4,6,8-9H2,(H,15,17)/t10-/m1/s1. The van der Waals surface area contributed by atoms with E-state index in [9.17, 15) is 4.79 Å². The number of thiophene rings is 1. The highest BCUT2D eigenvalue weighted by molar-refractivity contribution is 7.10. The summed E-state index contributed by atoms with van der Waals surface area (Å²) in [6.45, 7) is 0.895. The summed E-state index contributed by atoms with van der Waals surface area (Å²) in [5.74, 6) is 0.121. The number of carbonyl (C=O) groups is 1. The van der Waals surface area contributed by atoms with Gasteiger partial charge in [-0.3, -0.25) is 9.48 Å². The number of nitrogens with zero attached hydrogens (tertiary/aromatic N) is 2. The van der Waals surface area contributed by atoms with Gasteiger partial charge in [0.25, 0.3) is 0 Å². The molecule has 1 aliphatic heterocycles. The third-order valence-electron chi connectivity index (χ3n) is 3.23. The molecule has 3 rings (SSSR count). The van der Waals surface area contributed by atoms with E-state index in [1.807, 2.05) is 34.5 Å². The highest BCUT2D eigenvalue weighted by Gasteiger charge is 2.20. The minimum atomic E-state index is 0.121. The predicted octanol–water partition coefficient (Wildman–Crippen LogP) is 1.62. The molecule has 1 atom stereocenters. The Bertz CT molecular complexity index is 532. The Morgan fingerprint density at radius 1 is 1.56 bits per heavy atom. The highest BCUT2D eigenvalue weighted by Crippen LogP contribution is 2.14. The first-order chi connectivity index (χ1) is 8.81. The number of fused-ring (bicyclic) bond motifs is 1. The topological polar surface area (TPSA) is 46.9 Å². The molecule has 0 radical (unpaired) electrons. The molecule has 2 aromatic rings. The second-order valence-electron chi connectivity index (χ2n) is 4.56. The molecule has 1 N–H and O–H groups in total. The molecule has 18 heavy (non-hydrogen) atoms. The summed E-state index contributed by atoms with van der Waals surface area (Å²) in [4.78, 5) is 13.0. The number of carbonyl (C=O) groups excluding carboxylic acids is 1. The molecular weight excluding hydrogens is 246 g/mol. The molecule has 0 fully saturated rings. The fraction of sp³-hybridized carbons (Fsp3) is 0.385. The van der Waals surface area contributed by atoms with Gasteiger partial charge in [0.15, 0.2) is 0 Å². The summed E-state index contributed by atoms with van der Waals surface area (Å²) < 4.78 is 2.02. The quantitative estimate of drug-likeness (QED) is 0.912. The molecule has 1 amide bonds. The molecule has 2 aromatic heterocycles. The van der Waals surface area contributed by atoms with Crippen molar-refractivity contribution in [2.24, 2.45) is 0 Å². The van der Waals surface area contributed by atoms with Gasteiger partial charge < -0.3 is 5.32 Å². The van der Waals surface area contributed by atoms with E-state index >= 15 is 0 Å². The summed E-state index contributed by atoms with van der Waals surface area (Å²) in [5, 5.41) is 9.35. The fourth-order valence-corrected chi connectivity index (χ4v) is 3.04. The molecule has 0 bridgehead atoms. The van der Waals surface area contributed by atoms with Crippen molar-refractivity contribution in [1.82, 2.24) is 15.1 Å². The first-order valence-electron chi connectivity index (χ1n) is 6.14. The SMILES string of the molecule is O=C(Cc1cccs1)N[C@@H]1CCn2nccc2C1. The molecule has 0 aliphatic carbocycles. The molecule has 0 aromatic carbocycles. The van der Waals surface area contributed by atoms with Crippen LogP contribution in [0, 0.1) is 0 Å². The number of aromatic nitrogens is 2. The Hall–Kier alpha value is -1.62. The van der Waals surface area contributed by atoms with Gasteiger partial charge in [-0.25, -0.2) is 0 Å². The molecule has 0 saturated heterocycles. The van der Waals surface area contributed by atoms with Crippen molar-refractivity contribution in [3.8, 4) is 0 Å². The zero-order chi connectivity index (χ0) is 12.4. The zero-order valence-electron chi connectivity index (χ0n) is 10.0. The molecule has 3 heterocycles. The molecule has 0 unspecified atom stereocenters. The van der Waals surface area contributed by atoms with Crippen LogP contribution in [0.5, 0.6) is 0 Å². The van der Waals surface area contributed by atoms with Crippen LogP contribution in [0.25, 0.3) is 0 Å². The van der Waals surface area contributed by atoms with Gasteiger partial charge in [-0.15, -0.1) is 11.3 Å². The smallest absolute Gasteiger partial charge is 0.225 e. The fourth-order valence-electron chi connectivity index (χ4n) is 2.34. The van der Waals surface area contributed by atoms with E-state index in [0.29, 0.717) is 6.42 Å². The molecule has 5 heteroatoms. The normalized spacial score (nSPS) is 18.3. The monoisotopic (exact) mass is 261 g/mol. The average Bonchev–Trinajstić information content (AvgIpc) is 2.98. The number of aryl methyl sites for hydroxylation is 1. The number of hydrogen-bond donors (Lipinski definition) is 1. The van der Waals surface area contributed by atoms with Gasteiger partial charge in [0.2, 0.25) is 5.91 Å². The summed E-state index contributed by atoms with van der Waals surface area (Å²) in [6, 6.07) is 6.26. The van der Waals surface area contributed by atoms with Gasteiger partial charge in [-0.05, 0) is 23.9 Å². The van der Waals surface area contributed by atoms with Crippen LogP contribution in [0.15, 0.2) is 29.8 Å². The highest BCUT2D eigenvalue weighted by atomic mass is 32.1. The Morgan fingerprint density at radius 2 is 2.50 bits per heavy atom. The Kier molecular flexibility index (Phi) is 3.15. The van der Waals surface area contributed by atoms with E-state index in [1.54, 1.807) is 11.3 Å². The van der Waals surface area contributed by atoms with Crippen molar-refractivity contribution in [2.75, 3.05) is 0 Å². The molecule has 0 saturated carbocycles. The lowest BCUT2D eigenvalue weighted by Gasteiger charge is -2.24. The van der Waals surface area contributed by atoms with Crippen molar-refractivity contribution >= 4 is 17.2 Å². The number of nitrogens with one attached hydrogen (secondary N) is 1. The minimum Gasteiger partial charge on any atom is -0.353 e. The number of hydrogen-bond acceptors (Lipinski definition) is 3. The van der Waals surface area contributed by atoms with Crippen LogP contribution in [0.1, 0.15) is 17.0 Å². The van der Waals surface area contributed by atoms with Crippen molar-refractivity contribution in [3.63, 3.8) is 0 Å². The van der Waals surface area contributed by atoms with Crippen LogP contribution in [0.2, 0.25) is 0 Å². The molecular formula is C13H15N3OS. The van der Waals surface area contributed by atoms with Crippen LogP contribution in [-0.2, 0) is 24.2 Å². The number of amides is 1. The van der Waals surface area contributed by atoms with Crippen LogP contribution in [0.4, 0.5) is 0 Å². The van der Waals surface area contributed by atoms with Crippen LogP contribution < -0.4 is 5.32 Å². The first-order valence-corrected chi connectivity index (χ1v) is 7.01. The van der Waals surface area contributed by atoms with Crippen LogP contribution >= 0.6 is 11.3 Å². The Labute approximate surface area is 110 Å². The summed E-state index contributed by atoms with van der Waals surface area (Å²) in [5.41, 5.74) is 1.21. The van der Waals surface area contributed by atoms with Gasteiger partial charge in [0.1, 0.15) is 0 Å². The lowest BCUT2D eigenvalue weighted by atomic mass is 10.0. The maximum atomic E-state index is 11.9. The third-order valence-corrected chi connectivity index (χ3v) is 4.11. The van der Waals surface area contributed by atoms with Crippen LogP contribution in [-0.4, -0.2) is 21.7 Å². The lowest BCUT2D eigenvalue weighted by molar-refractivity contribution is -0.121. The van der Waals surface area contributed by atoms with Crippen molar-refractivity contribution in [3.05, 3.63) is 40.3 Å². The zero-order valence-corrected chi connectivity index (χ0v) is 10.8. The number of rotatable bonds is 3. The van der Waals surface area contributed by atoms with E-state index < -0.39 is 0 Å². The van der Waals surface area contributed by atoms with E-state index in [-0.39, 0.29) is 11.9 Å². The van der Waals surface area contributed by atoms with Gasteiger partial charge >= 0.3 is 0 Å². The predicted molar refractivity (Wildman–Crippen MR) is 70.5 cm³/mol.